The van der Waals surface area contributed by atoms with E-state index in [2.05, 4.69) is 15.5 Å². The van der Waals surface area contributed by atoms with E-state index in [0.717, 1.165) is 31.1 Å². The number of rotatable bonds is 8. The summed E-state index contributed by atoms with van der Waals surface area (Å²) < 4.78 is 0. The third-order valence-electron chi connectivity index (χ3n) is 3.03. The lowest BCUT2D eigenvalue weighted by atomic mass is 10.2. The van der Waals surface area contributed by atoms with E-state index < -0.39 is 18.0 Å². The summed E-state index contributed by atoms with van der Waals surface area (Å²) in [5, 5.41) is 14.2. The number of hydrogen-bond donors (Lipinski definition) is 3. The number of amides is 2. The number of carboxylic acid groups (broad SMARTS) is 1. The predicted molar refractivity (Wildman–Crippen MR) is 84.7 cm³/mol. The van der Waals surface area contributed by atoms with Crippen LogP contribution in [0.4, 0.5) is 4.79 Å². The van der Waals surface area contributed by atoms with Crippen molar-refractivity contribution in [2.24, 2.45) is 0 Å². The van der Waals surface area contributed by atoms with Crippen LogP contribution in [0.3, 0.4) is 0 Å². The van der Waals surface area contributed by atoms with Crippen molar-refractivity contribution in [2.75, 3.05) is 49.7 Å². The maximum Gasteiger partial charge on any atom is 0.326 e. The molecule has 1 atom stereocenters. The maximum atomic E-state index is 11.6. The summed E-state index contributed by atoms with van der Waals surface area (Å²) in [5.41, 5.74) is 0. The van der Waals surface area contributed by atoms with Crippen LogP contribution in [0.25, 0.3) is 0 Å². The molecule has 1 fully saturated rings. The van der Waals surface area contributed by atoms with Crippen molar-refractivity contribution in [3.63, 3.8) is 0 Å². The van der Waals surface area contributed by atoms with Crippen LogP contribution in [0.2, 0.25) is 0 Å². The van der Waals surface area contributed by atoms with Gasteiger partial charge in [0.2, 0.25) is 0 Å². The summed E-state index contributed by atoms with van der Waals surface area (Å²) in [5.74, 6) is 2.01. The van der Waals surface area contributed by atoms with Gasteiger partial charge in [0.05, 0.1) is 0 Å². The van der Waals surface area contributed by atoms with Crippen LogP contribution in [-0.4, -0.2) is 77.7 Å². The lowest BCUT2D eigenvalue weighted by molar-refractivity contribution is -0.139. The molecule has 0 bridgehead atoms. The van der Waals surface area contributed by atoms with Crippen molar-refractivity contribution in [1.82, 2.24) is 15.5 Å². The Kier molecular flexibility index (Phi) is 8.88. The highest BCUT2D eigenvalue weighted by atomic mass is 32.2. The van der Waals surface area contributed by atoms with Crippen LogP contribution in [0.1, 0.15) is 6.42 Å². The van der Waals surface area contributed by atoms with Gasteiger partial charge in [-0.1, -0.05) is 0 Å². The van der Waals surface area contributed by atoms with Crippen LogP contribution < -0.4 is 10.6 Å². The Bertz CT molecular complexity index is 312. The van der Waals surface area contributed by atoms with Gasteiger partial charge in [0.15, 0.2) is 0 Å². The van der Waals surface area contributed by atoms with Gasteiger partial charge in [0, 0.05) is 37.7 Å². The molecule has 8 heteroatoms. The molecule has 1 aliphatic rings. The van der Waals surface area contributed by atoms with E-state index in [0.29, 0.717) is 18.7 Å². The van der Waals surface area contributed by atoms with E-state index in [4.69, 9.17) is 5.11 Å². The summed E-state index contributed by atoms with van der Waals surface area (Å²) in [6, 6.07) is -1.21. The van der Waals surface area contributed by atoms with Crippen LogP contribution in [0.15, 0.2) is 0 Å². The first-order valence-corrected chi connectivity index (χ1v) is 9.24. The van der Waals surface area contributed by atoms with Gasteiger partial charge in [-0.05, 0) is 18.4 Å². The Labute approximate surface area is 128 Å². The molecule has 1 saturated heterocycles. The Morgan fingerprint density at radius 2 is 2.10 bits per heavy atom. The summed E-state index contributed by atoms with van der Waals surface area (Å²) >= 11 is 3.52. The number of aliphatic carboxylic acids is 1. The molecule has 116 valence electrons. The van der Waals surface area contributed by atoms with Gasteiger partial charge in [-0.2, -0.15) is 23.5 Å². The number of carbonyl (C=O) groups excluding carboxylic acids is 1. The van der Waals surface area contributed by atoms with Crippen LogP contribution in [0, 0.1) is 0 Å². The van der Waals surface area contributed by atoms with Crippen molar-refractivity contribution < 1.29 is 14.7 Å². The zero-order valence-corrected chi connectivity index (χ0v) is 13.4. The Balaban J connectivity index is 2.18. The van der Waals surface area contributed by atoms with Gasteiger partial charge in [-0.15, -0.1) is 0 Å². The lowest BCUT2D eigenvalue weighted by Gasteiger charge is -2.26. The van der Waals surface area contributed by atoms with E-state index in [1.807, 2.05) is 18.0 Å². The zero-order chi connectivity index (χ0) is 14.8. The van der Waals surface area contributed by atoms with Crippen molar-refractivity contribution in [1.29, 1.82) is 0 Å². The third-order valence-corrected chi connectivity index (χ3v) is 4.62. The van der Waals surface area contributed by atoms with Crippen LogP contribution >= 0.6 is 23.5 Å². The number of carbonyl (C=O) groups is 2. The maximum absolute atomic E-state index is 11.6. The average molecular weight is 321 g/mol. The Hall–Kier alpha value is -0.600. The first kappa shape index (κ1) is 17.5. The molecule has 0 aromatic carbocycles. The summed E-state index contributed by atoms with van der Waals surface area (Å²) in [4.78, 5) is 25.0. The Morgan fingerprint density at radius 1 is 1.40 bits per heavy atom. The normalized spacial score (nSPS) is 17.4. The smallest absolute Gasteiger partial charge is 0.326 e. The van der Waals surface area contributed by atoms with E-state index in [-0.39, 0.29) is 0 Å². The lowest BCUT2D eigenvalue weighted by Crippen LogP contribution is -2.48. The fraction of sp³-hybridized carbons (Fsp3) is 0.833. The van der Waals surface area contributed by atoms with Crippen molar-refractivity contribution in [3.05, 3.63) is 0 Å². The zero-order valence-electron chi connectivity index (χ0n) is 11.8. The number of thioether (sulfide) groups is 2. The summed E-state index contributed by atoms with van der Waals surface area (Å²) in [6.07, 6.45) is 2.35. The molecule has 20 heavy (non-hydrogen) atoms. The fourth-order valence-corrected chi connectivity index (χ4v) is 3.30. The SMILES string of the molecule is CSCCC(NC(=O)NCCN1CCSCC1)C(=O)O. The van der Waals surface area contributed by atoms with E-state index in [1.54, 1.807) is 11.8 Å². The third kappa shape index (κ3) is 7.25. The summed E-state index contributed by atoms with van der Waals surface area (Å²) in [7, 11) is 0. The molecule has 0 spiro atoms. The topological polar surface area (TPSA) is 81.7 Å². The number of hydrogen-bond acceptors (Lipinski definition) is 5. The minimum atomic E-state index is -0.984. The van der Waals surface area contributed by atoms with Crippen molar-refractivity contribution in [2.45, 2.75) is 12.5 Å². The largest absolute Gasteiger partial charge is 0.480 e. The monoisotopic (exact) mass is 321 g/mol. The van der Waals surface area contributed by atoms with Gasteiger partial charge in [-0.25, -0.2) is 9.59 Å². The highest BCUT2D eigenvalue weighted by molar-refractivity contribution is 7.99. The highest BCUT2D eigenvalue weighted by Gasteiger charge is 2.19. The second-order valence-electron chi connectivity index (χ2n) is 4.53. The van der Waals surface area contributed by atoms with Gasteiger partial charge in [-0.3, -0.25) is 4.90 Å². The number of nitrogens with zero attached hydrogens (tertiary/aromatic N) is 1. The number of carboxylic acids is 1. The van der Waals surface area contributed by atoms with Gasteiger partial charge >= 0.3 is 12.0 Å². The molecule has 0 saturated carbocycles. The minimum Gasteiger partial charge on any atom is -0.480 e. The standard InChI is InChI=1S/C12H23N3O3S2/c1-19-7-2-10(11(16)17)14-12(18)13-3-4-15-5-8-20-9-6-15/h10H,2-9H2,1H3,(H,16,17)(H2,13,14,18). The molecule has 0 aromatic heterocycles. The molecule has 1 rings (SSSR count). The van der Waals surface area contributed by atoms with Gasteiger partial charge in [0.1, 0.15) is 6.04 Å². The second kappa shape index (κ2) is 10.2. The fourth-order valence-electron chi connectivity index (χ4n) is 1.85. The molecule has 1 heterocycles. The van der Waals surface area contributed by atoms with Crippen molar-refractivity contribution >= 4 is 35.5 Å². The highest BCUT2D eigenvalue weighted by Crippen LogP contribution is 2.07. The van der Waals surface area contributed by atoms with E-state index >= 15 is 0 Å². The molecule has 0 aliphatic carbocycles. The number of nitrogens with one attached hydrogen (secondary N) is 2. The molecule has 1 aliphatic heterocycles. The molecule has 0 aromatic rings. The Morgan fingerprint density at radius 3 is 2.70 bits per heavy atom. The first-order chi connectivity index (χ1) is 9.63. The summed E-state index contributed by atoms with van der Waals surface area (Å²) in [6.45, 7) is 3.47. The quantitative estimate of drug-likeness (QED) is 0.605. The molecule has 2 amide bonds. The molecular weight excluding hydrogens is 298 g/mol. The van der Waals surface area contributed by atoms with Gasteiger partial charge in [0.25, 0.3) is 0 Å². The molecule has 0 radical (unpaired) electrons. The molecule has 6 nitrogen and oxygen atoms in total. The molecule has 3 N–H and O–H groups in total. The average Bonchev–Trinajstić information content (AvgIpc) is 2.44. The second-order valence-corrected chi connectivity index (χ2v) is 6.74. The molecular formula is C12H23N3O3S2. The first-order valence-electron chi connectivity index (χ1n) is 6.69. The van der Waals surface area contributed by atoms with Crippen LogP contribution in [-0.2, 0) is 4.79 Å². The van der Waals surface area contributed by atoms with Gasteiger partial charge < -0.3 is 15.7 Å². The molecule has 1 unspecified atom stereocenters. The van der Waals surface area contributed by atoms with Crippen molar-refractivity contribution in [3.8, 4) is 0 Å². The van der Waals surface area contributed by atoms with E-state index in [1.165, 1.54) is 0 Å². The number of urea groups is 1. The van der Waals surface area contributed by atoms with Crippen LogP contribution in [0.5, 0.6) is 0 Å². The van der Waals surface area contributed by atoms with E-state index in [9.17, 15) is 9.59 Å². The predicted octanol–water partition coefficient (Wildman–Crippen LogP) is 0.541. The minimum absolute atomic E-state index is 0.398.